The summed E-state index contributed by atoms with van der Waals surface area (Å²) in [5, 5.41) is 8.60. The Hall–Kier alpha value is -2.58. The third-order valence-electron chi connectivity index (χ3n) is 5.13. The highest BCUT2D eigenvalue weighted by Gasteiger charge is 2.19. The van der Waals surface area contributed by atoms with Gasteiger partial charge in [-0.15, -0.1) is 0 Å². The largest absolute Gasteiger partial charge is 0.385 e. The number of amides is 3. The van der Waals surface area contributed by atoms with Crippen LogP contribution in [0.2, 0.25) is 0 Å². The summed E-state index contributed by atoms with van der Waals surface area (Å²) in [6.45, 7) is 2.99. The van der Waals surface area contributed by atoms with Gasteiger partial charge in [0.2, 0.25) is 0 Å². The van der Waals surface area contributed by atoms with Crippen LogP contribution < -0.4 is 20.9 Å². The SMILES string of the molecule is COCCCNC(=O)c1cc(NC(=O)Nc2ccccc2Br)ccc1N1CCCCC1. The average molecular weight is 489 g/mol. The van der Waals surface area contributed by atoms with Crippen LogP contribution in [0.3, 0.4) is 0 Å². The summed E-state index contributed by atoms with van der Waals surface area (Å²) in [6, 6.07) is 12.5. The van der Waals surface area contributed by atoms with Gasteiger partial charge in [-0.05, 0) is 71.9 Å². The van der Waals surface area contributed by atoms with E-state index in [0.717, 1.165) is 42.5 Å². The first-order valence-electron chi connectivity index (χ1n) is 10.6. The minimum atomic E-state index is -0.371. The van der Waals surface area contributed by atoms with E-state index in [2.05, 4.69) is 36.8 Å². The molecule has 1 saturated heterocycles. The number of para-hydroxylation sites is 1. The first-order valence-corrected chi connectivity index (χ1v) is 11.4. The van der Waals surface area contributed by atoms with Gasteiger partial charge >= 0.3 is 6.03 Å². The maximum Gasteiger partial charge on any atom is 0.323 e. The normalized spacial score (nSPS) is 13.5. The van der Waals surface area contributed by atoms with Crippen LogP contribution in [0, 0.1) is 0 Å². The second-order valence-electron chi connectivity index (χ2n) is 7.44. The van der Waals surface area contributed by atoms with E-state index in [1.54, 1.807) is 13.2 Å². The number of hydrogen-bond acceptors (Lipinski definition) is 4. The zero-order valence-corrected chi connectivity index (χ0v) is 19.3. The summed E-state index contributed by atoms with van der Waals surface area (Å²) in [4.78, 5) is 27.7. The molecule has 8 heteroatoms. The fraction of sp³-hybridized carbons (Fsp3) is 0.391. The van der Waals surface area contributed by atoms with Crippen molar-refractivity contribution in [2.45, 2.75) is 25.7 Å². The maximum atomic E-state index is 12.9. The number of hydrogen-bond donors (Lipinski definition) is 3. The molecular weight excluding hydrogens is 460 g/mol. The number of benzene rings is 2. The fourth-order valence-corrected chi connectivity index (χ4v) is 3.95. The summed E-state index contributed by atoms with van der Waals surface area (Å²) in [5.41, 5.74) is 2.70. The highest BCUT2D eigenvalue weighted by molar-refractivity contribution is 9.10. The van der Waals surface area contributed by atoms with Gasteiger partial charge in [0.05, 0.1) is 11.3 Å². The van der Waals surface area contributed by atoms with Crippen molar-refractivity contribution in [3.8, 4) is 0 Å². The van der Waals surface area contributed by atoms with Crippen LogP contribution in [0.4, 0.5) is 21.9 Å². The number of halogens is 1. The molecular formula is C23H29BrN4O3. The van der Waals surface area contributed by atoms with Gasteiger partial charge in [-0.25, -0.2) is 4.79 Å². The Balaban J connectivity index is 1.75. The summed E-state index contributed by atoms with van der Waals surface area (Å²) in [7, 11) is 1.64. The number of anilines is 3. The molecule has 166 valence electrons. The van der Waals surface area contributed by atoms with Gasteiger partial charge in [-0.2, -0.15) is 0 Å². The van der Waals surface area contributed by atoms with Gasteiger partial charge in [0.1, 0.15) is 0 Å². The maximum absolute atomic E-state index is 12.9. The molecule has 1 aliphatic heterocycles. The summed E-state index contributed by atoms with van der Waals surface area (Å²) in [6.07, 6.45) is 4.18. The van der Waals surface area contributed by atoms with Crippen molar-refractivity contribution in [2.24, 2.45) is 0 Å². The molecule has 0 radical (unpaired) electrons. The number of nitrogens with one attached hydrogen (secondary N) is 3. The number of urea groups is 1. The van der Waals surface area contributed by atoms with Crippen LogP contribution in [-0.2, 0) is 4.74 Å². The lowest BCUT2D eigenvalue weighted by Crippen LogP contribution is -2.33. The second kappa shape index (κ2) is 11.7. The molecule has 0 saturated carbocycles. The molecule has 0 aromatic heterocycles. The molecule has 2 aromatic carbocycles. The quantitative estimate of drug-likeness (QED) is 0.463. The predicted octanol–water partition coefficient (Wildman–Crippen LogP) is 4.85. The van der Waals surface area contributed by atoms with E-state index in [9.17, 15) is 9.59 Å². The highest BCUT2D eigenvalue weighted by atomic mass is 79.9. The fourth-order valence-electron chi connectivity index (χ4n) is 3.57. The number of rotatable bonds is 8. The standard InChI is InChI=1S/C23H29BrN4O3/c1-31-15-7-12-25-22(29)18-16-17(10-11-21(18)28-13-5-2-6-14-28)26-23(30)27-20-9-4-3-8-19(20)24/h3-4,8-11,16H,2,5-7,12-15H2,1H3,(H,25,29)(H2,26,27,30). The third-order valence-corrected chi connectivity index (χ3v) is 5.82. The number of ether oxygens (including phenoxy) is 1. The van der Waals surface area contributed by atoms with E-state index in [1.807, 2.05) is 36.4 Å². The molecule has 0 aliphatic carbocycles. The smallest absolute Gasteiger partial charge is 0.323 e. The van der Waals surface area contributed by atoms with Gasteiger partial charge in [0.15, 0.2) is 0 Å². The number of carbonyl (C=O) groups is 2. The van der Waals surface area contributed by atoms with Crippen molar-refractivity contribution in [2.75, 3.05) is 48.9 Å². The van der Waals surface area contributed by atoms with Gasteiger partial charge < -0.3 is 25.6 Å². The van der Waals surface area contributed by atoms with E-state index >= 15 is 0 Å². The monoisotopic (exact) mass is 488 g/mol. The van der Waals surface area contributed by atoms with Crippen molar-refractivity contribution in [1.29, 1.82) is 0 Å². The Labute approximate surface area is 191 Å². The minimum absolute atomic E-state index is 0.147. The Morgan fingerprint density at radius 1 is 1.06 bits per heavy atom. The van der Waals surface area contributed by atoms with Crippen LogP contribution in [0.1, 0.15) is 36.0 Å². The molecule has 1 aliphatic rings. The Bertz CT molecular complexity index is 900. The first-order chi connectivity index (χ1) is 15.1. The van der Waals surface area contributed by atoms with E-state index in [0.29, 0.717) is 30.1 Å². The lowest BCUT2D eigenvalue weighted by Gasteiger charge is -2.30. The van der Waals surface area contributed by atoms with Crippen molar-refractivity contribution in [3.05, 3.63) is 52.5 Å². The number of nitrogens with zero attached hydrogens (tertiary/aromatic N) is 1. The molecule has 3 rings (SSSR count). The lowest BCUT2D eigenvalue weighted by atomic mass is 10.1. The molecule has 0 bridgehead atoms. The van der Waals surface area contributed by atoms with Crippen molar-refractivity contribution in [1.82, 2.24) is 5.32 Å². The summed E-state index contributed by atoms with van der Waals surface area (Å²) >= 11 is 3.42. The van der Waals surface area contributed by atoms with Crippen LogP contribution in [0.15, 0.2) is 46.9 Å². The van der Waals surface area contributed by atoms with Crippen LogP contribution >= 0.6 is 15.9 Å². The van der Waals surface area contributed by atoms with Crippen molar-refractivity contribution in [3.63, 3.8) is 0 Å². The zero-order valence-electron chi connectivity index (χ0n) is 17.7. The zero-order chi connectivity index (χ0) is 22.1. The molecule has 0 unspecified atom stereocenters. The molecule has 3 amide bonds. The Morgan fingerprint density at radius 2 is 1.84 bits per heavy atom. The molecule has 0 atom stereocenters. The number of carbonyl (C=O) groups excluding carboxylic acids is 2. The molecule has 31 heavy (non-hydrogen) atoms. The molecule has 3 N–H and O–H groups in total. The summed E-state index contributed by atoms with van der Waals surface area (Å²) in [5.74, 6) is -0.147. The van der Waals surface area contributed by atoms with E-state index in [1.165, 1.54) is 6.42 Å². The first kappa shape index (κ1) is 23.1. The number of piperidine rings is 1. The topological polar surface area (TPSA) is 82.7 Å². The third kappa shape index (κ3) is 6.70. The van der Waals surface area contributed by atoms with Gasteiger partial charge in [0, 0.05) is 49.2 Å². The van der Waals surface area contributed by atoms with Crippen molar-refractivity contribution < 1.29 is 14.3 Å². The van der Waals surface area contributed by atoms with E-state index in [-0.39, 0.29) is 11.9 Å². The molecule has 7 nitrogen and oxygen atoms in total. The van der Waals surface area contributed by atoms with Crippen LogP contribution in [0.25, 0.3) is 0 Å². The van der Waals surface area contributed by atoms with Crippen molar-refractivity contribution >= 4 is 44.9 Å². The van der Waals surface area contributed by atoms with E-state index < -0.39 is 0 Å². The number of methoxy groups -OCH3 is 1. The predicted molar refractivity (Wildman–Crippen MR) is 128 cm³/mol. The Kier molecular flexibility index (Phi) is 8.73. The van der Waals surface area contributed by atoms with Gasteiger partial charge in [-0.1, -0.05) is 12.1 Å². The molecule has 2 aromatic rings. The van der Waals surface area contributed by atoms with Crippen LogP contribution in [0.5, 0.6) is 0 Å². The van der Waals surface area contributed by atoms with E-state index in [4.69, 9.17) is 4.74 Å². The summed E-state index contributed by atoms with van der Waals surface area (Å²) < 4.78 is 5.84. The molecule has 1 fully saturated rings. The second-order valence-corrected chi connectivity index (χ2v) is 8.30. The Morgan fingerprint density at radius 3 is 2.58 bits per heavy atom. The highest BCUT2D eigenvalue weighted by Crippen LogP contribution is 2.28. The lowest BCUT2D eigenvalue weighted by molar-refractivity contribution is 0.0949. The van der Waals surface area contributed by atoms with Gasteiger partial charge in [-0.3, -0.25) is 4.79 Å². The van der Waals surface area contributed by atoms with Crippen LogP contribution in [-0.4, -0.2) is 45.3 Å². The average Bonchev–Trinajstić information content (AvgIpc) is 2.78. The molecule has 0 spiro atoms. The minimum Gasteiger partial charge on any atom is -0.385 e. The molecule has 1 heterocycles. The van der Waals surface area contributed by atoms with Gasteiger partial charge in [0.25, 0.3) is 5.91 Å².